The number of aryl methyl sites for hydroxylation is 4. The van der Waals surface area contributed by atoms with Crippen molar-refractivity contribution >= 4 is 22.9 Å². The number of rotatable bonds is 4. The molecule has 1 heterocycles. The lowest BCUT2D eigenvalue weighted by Crippen LogP contribution is -2.13. The Bertz CT molecular complexity index is 590. The summed E-state index contributed by atoms with van der Waals surface area (Å²) in [5.74, 6) is 0.0553. The molecule has 0 bridgehead atoms. The van der Waals surface area contributed by atoms with E-state index in [1.165, 1.54) is 4.88 Å². The molecule has 0 atom stereocenters. The minimum atomic E-state index is 0.0553. The van der Waals surface area contributed by atoms with Crippen molar-refractivity contribution in [3.05, 3.63) is 45.4 Å². The summed E-state index contributed by atoms with van der Waals surface area (Å²) in [5.41, 5.74) is 3.02. The Labute approximate surface area is 117 Å². The van der Waals surface area contributed by atoms with Crippen LogP contribution in [0.2, 0.25) is 0 Å². The van der Waals surface area contributed by atoms with Crippen molar-refractivity contribution in [2.75, 3.05) is 5.32 Å². The molecule has 0 aliphatic heterocycles. The van der Waals surface area contributed by atoms with E-state index in [0.29, 0.717) is 6.42 Å². The van der Waals surface area contributed by atoms with E-state index in [4.69, 9.17) is 0 Å². The molecule has 0 saturated carbocycles. The Morgan fingerprint density at radius 3 is 2.63 bits per heavy atom. The SMILES string of the molecule is Cc1nc(C)c(CCC(=O)Nc2ccccc2C)s1. The fraction of sp³-hybridized carbons (Fsp3) is 0.333. The molecule has 0 fully saturated rings. The van der Waals surface area contributed by atoms with E-state index in [9.17, 15) is 4.79 Å². The number of hydrogen-bond acceptors (Lipinski definition) is 3. The minimum absolute atomic E-state index is 0.0553. The van der Waals surface area contributed by atoms with Crippen molar-refractivity contribution in [1.29, 1.82) is 0 Å². The molecule has 3 nitrogen and oxygen atoms in total. The second-order valence-electron chi connectivity index (χ2n) is 4.60. The third kappa shape index (κ3) is 3.64. The molecule has 0 saturated heterocycles. The second kappa shape index (κ2) is 5.97. The first-order chi connectivity index (χ1) is 9.06. The fourth-order valence-corrected chi connectivity index (χ4v) is 2.89. The van der Waals surface area contributed by atoms with Gasteiger partial charge >= 0.3 is 0 Å². The van der Waals surface area contributed by atoms with Crippen LogP contribution in [0.5, 0.6) is 0 Å². The molecule has 2 aromatic rings. The van der Waals surface area contributed by atoms with Gasteiger partial charge in [0.25, 0.3) is 0 Å². The lowest BCUT2D eigenvalue weighted by Gasteiger charge is -2.07. The van der Waals surface area contributed by atoms with Crippen molar-refractivity contribution in [2.24, 2.45) is 0 Å². The smallest absolute Gasteiger partial charge is 0.224 e. The van der Waals surface area contributed by atoms with Crippen molar-refractivity contribution in [1.82, 2.24) is 4.98 Å². The van der Waals surface area contributed by atoms with Crippen LogP contribution in [0, 0.1) is 20.8 Å². The Morgan fingerprint density at radius 1 is 1.26 bits per heavy atom. The number of benzene rings is 1. The zero-order valence-corrected chi connectivity index (χ0v) is 12.3. The Hall–Kier alpha value is -1.68. The molecule has 0 aliphatic rings. The standard InChI is InChI=1S/C15H18N2OS/c1-10-6-4-5-7-13(10)17-15(18)9-8-14-11(2)16-12(3)19-14/h4-7H,8-9H2,1-3H3,(H,17,18). The fourth-order valence-electron chi connectivity index (χ4n) is 1.96. The molecule has 1 N–H and O–H groups in total. The highest BCUT2D eigenvalue weighted by molar-refractivity contribution is 7.11. The molecule has 2 rings (SSSR count). The maximum atomic E-state index is 11.9. The quantitative estimate of drug-likeness (QED) is 0.925. The summed E-state index contributed by atoms with van der Waals surface area (Å²) in [7, 11) is 0. The molecule has 0 aliphatic carbocycles. The van der Waals surface area contributed by atoms with Crippen LogP contribution in [0.15, 0.2) is 24.3 Å². The van der Waals surface area contributed by atoms with Crippen LogP contribution in [0.25, 0.3) is 0 Å². The first-order valence-corrected chi connectivity index (χ1v) is 7.16. The van der Waals surface area contributed by atoms with Gasteiger partial charge in [0.05, 0.1) is 10.7 Å². The number of carbonyl (C=O) groups is 1. The van der Waals surface area contributed by atoms with E-state index >= 15 is 0 Å². The lowest BCUT2D eigenvalue weighted by molar-refractivity contribution is -0.116. The summed E-state index contributed by atoms with van der Waals surface area (Å²) in [6.07, 6.45) is 1.26. The van der Waals surface area contributed by atoms with Gasteiger partial charge in [-0.15, -0.1) is 11.3 Å². The van der Waals surface area contributed by atoms with Crippen LogP contribution >= 0.6 is 11.3 Å². The molecule has 4 heteroatoms. The summed E-state index contributed by atoms with van der Waals surface area (Å²) in [4.78, 5) is 17.5. The number of anilines is 1. The van der Waals surface area contributed by atoms with Gasteiger partial charge in [-0.25, -0.2) is 4.98 Å². The maximum absolute atomic E-state index is 11.9. The van der Waals surface area contributed by atoms with Crippen molar-refractivity contribution < 1.29 is 4.79 Å². The monoisotopic (exact) mass is 274 g/mol. The van der Waals surface area contributed by atoms with Gasteiger partial charge in [0, 0.05) is 17.0 Å². The van der Waals surface area contributed by atoms with Gasteiger partial charge < -0.3 is 5.32 Å². The normalized spacial score (nSPS) is 10.5. The van der Waals surface area contributed by atoms with Crippen LogP contribution in [0.3, 0.4) is 0 Å². The number of amides is 1. The largest absolute Gasteiger partial charge is 0.326 e. The molecular weight excluding hydrogens is 256 g/mol. The molecule has 1 aromatic carbocycles. The van der Waals surface area contributed by atoms with Gasteiger partial charge in [0.15, 0.2) is 0 Å². The van der Waals surface area contributed by atoms with E-state index in [1.54, 1.807) is 11.3 Å². The van der Waals surface area contributed by atoms with Crippen LogP contribution in [-0.2, 0) is 11.2 Å². The average molecular weight is 274 g/mol. The molecule has 0 spiro atoms. The molecule has 0 radical (unpaired) electrons. The minimum Gasteiger partial charge on any atom is -0.326 e. The third-order valence-corrected chi connectivity index (χ3v) is 4.13. The number of nitrogens with one attached hydrogen (secondary N) is 1. The van der Waals surface area contributed by atoms with E-state index in [-0.39, 0.29) is 5.91 Å². The highest BCUT2D eigenvalue weighted by atomic mass is 32.1. The summed E-state index contributed by atoms with van der Waals surface area (Å²) in [5, 5.41) is 4.01. The lowest BCUT2D eigenvalue weighted by atomic mass is 10.2. The number of hydrogen-bond donors (Lipinski definition) is 1. The molecular formula is C15H18N2OS. The topological polar surface area (TPSA) is 42.0 Å². The third-order valence-electron chi connectivity index (χ3n) is 3.00. The Balaban J connectivity index is 1.92. The van der Waals surface area contributed by atoms with E-state index in [1.807, 2.05) is 45.0 Å². The van der Waals surface area contributed by atoms with Crippen LogP contribution in [0.1, 0.15) is 27.6 Å². The van der Waals surface area contributed by atoms with Gasteiger partial charge in [0.1, 0.15) is 0 Å². The molecule has 1 aromatic heterocycles. The van der Waals surface area contributed by atoms with Crippen LogP contribution in [0.4, 0.5) is 5.69 Å². The van der Waals surface area contributed by atoms with Crippen LogP contribution < -0.4 is 5.32 Å². The van der Waals surface area contributed by atoms with Gasteiger partial charge in [-0.3, -0.25) is 4.79 Å². The number of nitrogens with zero attached hydrogens (tertiary/aromatic N) is 1. The highest BCUT2D eigenvalue weighted by Crippen LogP contribution is 2.19. The zero-order valence-electron chi connectivity index (χ0n) is 11.5. The number of aromatic nitrogens is 1. The second-order valence-corrected chi connectivity index (χ2v) is 5.89. The average Bonchev–Trinajstić information content (AvgIpc) is 2.68. The van der Waals surface area contributed by atoms with Crippen LogP contribution in [-0.4, -0.2) is 10.9 Å². The summed E-state index contributed by atoms with van der Waals surface area (Å²) >= 11 is 1.67. The van der Waals surface area contributed by atoms with E-state index in [2.05, 4.69) is 10.3 Å². The summed E-state index contributed by atoms with van der Waals surface area (Å²) in [6.45, 7) is 5.99. The van der Waals surface area contributed by atoms with Crippen molar-refractivity contribution in [2.45, 2.75) is 33.6 Å². The van der Waals surface area contributed by atoms with Gasteiger partial charge in [0.2, 0.25) is 5.91 Å². The maximum Gasteiger partial charge on any atom is 0.224 e. The Kier molecular flexibility index (Phi) is 4.32. The zero-order chi connectivity index (χ0) is 13.8. The number of thiazole rings is 1. The molecule has 0 unspecified atom stereocenters. The predicted molar refractivity (Wildman–Crippen MR) is 79.7 cm³/mol. The van der Waals surface area contributed by atoms with E-state index < -0.39 is 0 Å². The Morgan fingerprint density at radius 2 is 2.00 bits per heavy atom. The number of para-hydroxylation sites is 1. The highest BCUT2D eigenvalue weighted by Gasteiger charge is 2.09. The predicted octanol–water partition coefficient (Wildman–Crippen LogP) is 3.64. The summed E-state index contributed by atoms with van der Waals surface area (Å²) in [6, 6.07) is 7.81. The number of carbonyl (C=O) groups excluding carboxylic acids is 1. The molecule has 19 heavy (non-hydrogen) atoms. The molecule has 100 valence electrons. The van der Waals surface area contributed by atoms with Gasteiger partial charge in [-0.2, -0.15) is 0 Å². The first kappa shape index (κ1) is 13.7. The van der Waals surface area contributed by atoms with Gasteiger partial charge in [-0.1, -0.05) is 18.2 Å². The van der Waals surface area contributed by atoms with E-state index in [0.717, 1.165) is 28.4 Å². The van der Waals surface area contributed by atoms with Crippen molar-refractivity contribution in [3.63, 3.8) is 0 Å². The molecule has 1 amide bonds. The first-order valence-electron chi connectivity index (χ1n) is 6.34. The van der Waals surface area contributed by atoms with Crippen molar-refractivity contribution in [3.8, 4) is 0 Å². The summed E-state index contributed by atoms with van der Waals surface area (Å²) < 4.78 is 0. The van der Waals surface area contributed by atoms with Gasteiger partial charge in [-0.05, 0) is 38.8 Å².